The molecule has 0 fully saturated rings. The van der Waals surface area contributed by atoms with E-state index >= 15 is 0 Å². The van der Waals surface area contributed by atoms with Gasteiger partial charge in [-0.05, 0) is 31.2 Å². The number of nitrogens with zero attached hydrogens (tertiary/aromatic N) is 4. The Morgan fingerprint density at radius 3 is 2.79 bits per heavy atom. The molecule has 3 aromatic rings. The normalized spacial score (nSPS) is 11.5. The molecule has 3 rings (SSSR count). The van der Waals surface area contributed by atoms with E-state index in [4.69, 9.17) is 9.47 Å². The average Bonchev–Trinajstić information content (AvgIpc) is 3.15. The molecule has 2 N–H and O–H groups in total. The van der Waals surface area contributed by atoms with E-state index in [0.717, 1.165) is 47.5 Å². The lowest BCUT2D eigenvalue weighted by molar-refractivity contribution is 0.391. The topological polar surface area (TPSA) is 85.1 Å². The van der Waals surface area contributed by atoms with Crippen LogP contribution in [0.2, 0.25) is 0 Å². The van der Waals surface area contributed by atoms with Crippen LogP contribution in [0.15, 0.2) is 47.6 Å². The number of rotatable bonds is 8. The van der Waals surface area contributed by atoms with Crippen LogP contribution < -0.4 is 20.1 Å². The number of fused-ring (bicyclic) bond motifs is 1. The van der Waals surface area contributed by atoms with Crippen molar-refractivity contribution in [3.05, 3.63) is 54.0 Å². The van der Waals surface area contributed by atoms with Crippen LogP contribution in [0.1, 0.15) is 18.3 Å². The van der Waals surface area contributed by atoms with Gasteiger partial charge in [0.25, 0.3) is 0 Å². The lowest BCUT2D eigenvalue weighted by Crippen LogP contribution is -2.38. The highest BCUT2D eigenvalue weighted by molar-refractivity contribution is 5.79. The first-order chi connectivity index (χ1) is 13.7. The van der Waals surface area contributed by atoms with Gasteiger partial charge in [-0.15, -0.1) is 10.2 Å². The van der Waals surface area contributed by atoms with Crippen molar-refractivity contribution in [3.63, 3.8) is 0 Å². The number of hydrogen-bond donors (Lipinski definition) is 2. The summed E-state index contributed by atoms with van der Waals surface area (Å²) >= 11 is 0. The highest BCUT2D eigenvalue weighted by Crippen LogP contribution is 2.25. The van der Waals surface area contributed by atoms with Crippen LogP contribution in [-0.4, -0.2) is 47.9 Å². The van der Waals surface area contributed by atoms with Crippen LogP contribution in [0.3, 0.4) is 0 Å². The van der Waals surface area contributed by atoms with Gasteiger partial charge in [0.05, 0.1) is 20.8 Å². The molecule has 0 radical (unpaired) electrons. The molecule has 0 aliphatic heterocycles. The standard InChI is InChI=1S/C20H26N6O2/c1-4-21-20(23-14-15-8-9-16(27-2)13-17(15)28-3)22-11-10-19-25-24-18-7-5-6-12-26(18)19/h5-9,12-13H,4,10-11,14H2,1-3H3,(H2,21,22,23). The number of aromatic nitrogens is 3. The zero-order valence-electron chi connectivity index (χ0n) is 16.5. The summed E-state index contributed by atoms with van der Waals surface area (Å²) in [5.41, 5.74) is 1.84. The Kier molecular flexibility index (Phi) is 6.67. The van der Waals surface area contributed by atoms with Gasteiger partial charge in [-0.2, -0.15) is 0 Å². The van der Waals surface area contributed by atoms with Crippen molar-refractivity contribution < 1.29 is 9.47 Å². The van der Waals surface area contributed by atoms with Crippen LogP contribution >= 0.6 is 0 Å². The Labute approximate surface area is 164 Å². The molecule has 2 aromatic heterocycles. The first kappa shape index (κ1) is 19.5. The van der Waals surface area contributed by atoms with Crippen LogP contribution in [0, 0.1) is 0 Å². The third-order valence-electron chi connectivity index (χ3n) is 4.27. The zero-order valence-corrected chi connectivity index (χ0v) is 16.5. The van der Waals surface area contributed by atoms with Gasteiger partial charge in [0, 0.05) is 37.3 Å². The minimum absolute atomic E-state index is 0.496. The molecule has 8 nitrogen and oxygen atoms in total. The molecule has 1 aromatic carbocycles. The number of methoxy groups -OCH3 is 2. The largest absolute Gasteiger partial charge is 0.497 e. The molecule has 0 spiro atoms. The van der Waals surface area contributed by atoms with E-state index in [1.165, 1.54) is 0 Å². The highest BCUT2D eigenvalue weighted by atomic mass is 16.5. The molecular formula is C20H26N6O2. The van der Waals surface area contributed by atoms with Crippen molar-refractivity contribution >= 4 is 11.6 Å². The summed E-state index contributed by atoms with van der Waals surface area (Å²) in [4.78, 5) is 4.66. The quantitative estimate of drug-likeness (QED) is 0.458. The molecule has 0 saturated heterocycles. The predicted molar refractivity (Wildman–Crippen MR) is 109 cm³/mol. The molecule has 0 atom stereocenters. The van der Waals surface area contributed by atoms with Crippen molar-refractivity contribution in [2.24, 2.45) is 4.99 Å². The first-order valence-electron chi connectivity index (χ1n) is 9.27. The summed E-state index contributed by atoms with van der Waals surface area (Å²) < 4.78 is 12.7. The van der Waals surface area contributed by atoms with E-state index in [0.29, 0.717) is 13.1 Å². The van der Waals surface area contributed by atoms with E-state index in [-0.39, 0.29) is 0 Å². The van der Waals surface area contributed by atoms with E-state index < -0.39 is 0 Å². The van der Waals surface area contributed by atoms with Crippen LogP contribution in [0.25, 0.3) is 5.65 Å². The summed E-state index contributed by atoms with van der Waals surface area (Å²) in [5.74, 6) is 3.17. The smallest absolute Gasteiger partial charge is 0.191 e. The van der Waals surface area contributed by atoms with E-state index in [9.17, 15) is 0 Å². The average molecular weight is 382 g/mol. The fraction of sp³-hybridized carbons (Fsp3) is 0.350. The molecule has 0 aliphatic carbocycles. The fourth-order valence-electron chi connectivity index (χ4n) is 2.84. The number of ether oxygens (including phenoxy) is 2. The molecule has 0 saturated carbocycles. The fourth-order valence-corrected chi connectivity index (χ4v) is 2.84. The molecular weight excluding hydrogens is 356 g/mol. The van der Waals surface area contributed by atoms with Gasteiger partial charge in [-0.1, -0.05) is 6.07 Å². The maximum Gasteiger partial charge on any atom is 0.191 e. The second-order valence-electron chi connectivity index (χ2n) is 6.09. The van der Waals surface area contributed by atoms with Crippen molar-refractivity contribution in [1.29, 1.82) is 0 Å². The van der Waals surface area contributed by atoms with E-state index in [1.807, 2.05) is 53.9 Å². The molecule has 0 unspecified atom stereocenters. The minimum Gasteiger partial charge on any atom is -0.497 e. The van der Waals surface area contributed by atoms with Crippen molar-refractivity contribution in [2.75, 3.05) is 27.3 Å². The highest BCUT2D eigenvalue weighted by Gasteiger charge is 2.07. The summed E-state index contributed by atoms with van der Waals surface area (Å²) in [6.07, 6.45) is 2.71. The molecule has 2 heterocycles. The summed E-state index contributed by atoms with van der Waals surface area (Å²) in [7, 11) is 3.28. The van der Waals surface area contributed by atoms with Crippen molar-refractivity contribution in [1.82, 2.24) is 25.2 Å². The van der Waals surface area contributed by atoms with Gasteiger partial charge in [-0.3, -0.25) is 4.40 Å². The van der Waals surface area contributed by atoms with Gasteiger partial charge in [0.15, 0.2) is 11.6 Å². The van der Waals surface area contributed by atoms with Crippen LogP contribution in [0.5, 0.6) is 11.5 Å². The number of aliphatic imine (C=N–C) groups is 1. The number of nitrogens with one attached hydrogen (secondary N) is 2. The summed E-state index contributed by atoms with van der Waals surface area (Å²) in [5, 5.41) is 15.0. The summed E-state index contributed by atoms with van der Waals surface area (Å²) in [6.45, 7) is 4.01. The Balaban J connectivity index is 1.63. The van der Waals surface area contributed by atoms with Gasteiger partial charge >= 0.3 is 0 Å². The number of benzene rings is 1. The molecule has 0 bridgehead atoms. The molecule has 148 valence electrons. The minimum atomic E-state index is 0.496. The van der Waals surface area contributed by atoms with Gasteiger partial charge in [-0.25, -0.2) is 4.99 Å². The number of hydrogen-bond acceptors (Lipinski definition) is 5. The second-order valence-corrected chi connectivity index (χ2v) is 6.09. The lowest BCUT2D eigenvalue weighted by atomic mass is 10.2. The Bertz CT molecular complexity index is 937. The predicted octanol–water partition coefficient (Wildman–Crippen LogP) is 2.04. The molecule has 0 amide bonds. The van der Waals surface area contributed by atoms with Crippen molar-refractivity contribution in [3.8, 4) is 11.5 Å². The Morgan fingerprint density at radius 2 is 2.00 bits per heavy atom. The molecule has 28 heavy (non-hydrogen) atoms. The van der Waals surface area contributed by atoms with Gasteiger partial charge in [0.1, 0.15) is 17.3 Å². The molecule has 0 aliphatic rings. The van der Waals surface area contributed by atoms with Gasteiger partial charge < -0.3 is 20.1 Å². The Hall–Kier alpha value is -3.29. The monoisotopic (exact) mass is 382 g/mol. The van der Waals surface area contributed by atoms with E-state index in [2.05, 4.69) is 25.8 Å². The Morgan fingerprint density at radius 1 is 1.11 bits per heavy atom. The lowest BCUT2D eigenvalue weighted by Gasteiger charge is -2.12. The SMILES string of the molecule is CCNC(=NCc1ccc(OC)cc1OC)NCCc1nnc2ccccn12. The summed E-state index contributed by atoms with van der Waals surface area (Å²) in [6, 6.07) is 11.6. The maximum absolute atomic E-state index is 5.44. The first-order valence-corrected chi connectivity index (χ1v) is 9.27. The number of guanidine groups is 1. The molecule has 8 heteroatoms. The van der Waals surface area contributed by atoms with Crippen molar-refractivity contribution in [2.45, 2.75) is 19.9 Å². The van der Waals surface area contributed by atoms with Crippen LogP contribution in [-0.2, 0) is 13.0 Å². The number of pyridine rings is 1. The van der Waals surface area contributed by atoms with Gasteiger partial charge in [0.2, 0.25) is 0 Å². The third-order valence-corrected chi connectivity index (χ3v) is 4.27. The van der Waals surface area contributed by atoms with Crippen LogP contribution in [0.4, 0.5) is 0 Å². The second kappa shape index (κ2) is 9.59. The van der Waals surface area contributed by atoms with E-state index in [1.54, 1.807) is 14.2 Å². The maximum atomic E-state index is 5.44. The third kappa shape index (κ3) is 4.70. The zero-order chi connectivity index (χ0) is 19.8.